The van der Waals surface area contributed by atoms with E-state index in [2.05, 4.69) is 5.32 Å². The zero-order valence-corrected chi connectivity index (χ0v) is 15.0. The number of carbonyl (C=O) groups is 3. The van der Waals surface area contributed by atoms with Crippen LogP contribution < -0.4 is 20.6 Å². The standard InChI is InChI=1S/C13H19N3O3.C4H4O4/c1-18-11-6-5-9(8-12(11)19-2)15-13(17)10-4-3-7-16(10)14;5-3(6)1-2-4(7)8/h5-6,8,10H,3-4,7,14H2,1-2H3,(H,15,17);1-2H,(H,5,6)(H,7,8)/b;2-1+. The maximum absolute atomic E-state index is 12.1. The van der Waals surface area contributed by atoms with E-state index < -0.39 is 11.9 Å². The molecule has 1 aromatic carbocycles. The highest BCUT2D eigenvalue weighted by atomic mass is 16.5. The van der Waals surface area contributed by atoms with Gasteiger partial charge in [-0.1, -0.05) is 0 Å². The molecular formula is C17H23N3O7. The van der Waals surface area contributed by atoms with Gasteiger partial charge in [-0.2, -0.15) is 0 Å². The highest BCUT2D eigenvalue weighted by Crippen LogP contribution is 2.30. The molecule has 0 spiro atoms. The Kier molecular flexibility index (Phi) is 8.76. The van der Waals surface area contributed by atoms with E-state index in [0.29, 0.717) is 29.3 Å². The number of nitrogens with two attached hydrogens (primary N) is 1. The van der Waals surface area contributed by atoms with Crippen LogP contribution in [0.15, 0.2) is 30.4 Å². The van der Waals surface area contributed by atoms with Gasteiger partial charge in [-0.3, -0.25) is 10.6 Å². The third-order valence-corrected chi connectivity index (χ3v) is 3.62. The van der Waals surface area contributed by atoms with Gasteiger partial charge in [-0.05, 0) is 25.0 Å². The number of hydrazine groups is 1. The second-order valence-electron chi connectivity index (χ2n) is 5.46. The van der Waals surface area contributed by atoms with E-state index in [0.717, 1.165) is 19.4 Å². The van der Waals surface area contributed by atoms with Gasteiger partial charge in [0.05, 0.1) is 14.2 Å². The molecule has 5 N–H and O–H groups in total. The number of nitrogens with zero attached hydrogens (tertiary/aromatic N) is 1. The lowest BCUT2D eigenvalue weighted by molar-refractivity contribution is -0.134. The highest BCUT2D eigenvalue weighted by Gasteiger charge is 2.28. The van der Waals surface area contributed by atoms with Crippen LogP contribution in [0.2, 0.25) is 0 Å². The summed E-state index contributed by atoms with van der Waals surface area (Å²) in [4.78, 5) is 31.2. The molecule has 0 aromatic heterocycles. The Labute approximate surface area is 156 Å². The van der Waals surface area contributed by atoms with Crippen molar-refractivity contribution < 1.29 is 34.1 Å². The van der Waals surface area contributed by atoms with Crippen molar-refractivity contribution in [1.29, 1.82) is 0 Å². The van der Waals surface area contributed by atoms with Crippen LogP contribution in [0.4, 0.5) is 5.69 Å². The Balaban J connectivity index is 0.000000387. The van der Waals surface area contributed by atoms with Crippen LogP contribution in [0.3, 0.4) is 0 Å². The van der Waals surface area contributed by atoms with Gasteiger partial charge in [-0.25, -0.2) is 14.6 Å². The van der Waals surface area contributed by atoms with Crippen LogP contribution in [0.1, 0.15) is 12.8 Å². The predicted molar refractivity (Wildman–Crippen MR) is 96.5 cm³/mol. The molecule has 0 radical (unpaired) electrons. The number of aliphatic carboxylic acids is 2. The van der Waals surface area contributed by atoms with E-state index >= 15 is 0 Å². The minimum Gasteiger partial charge on any atom is -0.493 e. The van der Waals surface area contributed by atoms with Crippen LogP contribution >= 0.6 is 0 Å². The van der Waals surface area contributed by atoms with Gasteiger partial charge in [0.1, 0.15) is 6.04 Å². The molecular weight excluding hydrogens is 358 g/mol. The molecule has 1 saturated heterocycles. The van der Waals surface area contributed by atoms with Crippen molar-refractivity contribution in [1.82, 2.24) is 5.01 Å². The molecule has 1 amide bonds. The first-order valence-electron chi connectivity index (χ1n) is 7.96. The summed E-state index contributed by atoms with van der Waals surface area (Å²) in [6.45, 7) is 0.754. The van der Waals surface area contributed by atoms with Gasteiger partial charge in [0.2, 0.25) is 5.91 Å². The summed E-state index contributed by atoms with van der Waals surface area (Å²) < 4.78 is 10.3. The maximum atomic E-state index is 12.1. The van der Waals surface area contributed by atoms with Crippen molar-refractivity contribution in [2.24, 2.45) is 5.84 Å². The van der Waals surface area contributed by atoms with Gasteiger partial charge in [-0.15, -0.1) is 0 Å². The van der Waals surface area contributed by atoms with Crippen LogP contribution in [0, 0.1) is 0 Å². The Hall–Kier alpha value is -3.11. The van der Waals surface area contributed by atoms with Gasteiger partial charge >= 0.3 is 11.9 Å². The van der Waals surface area contributed by atoms with Crippen molar-refractivity contribution >= 4 is 23.5 Å². The van der Waals surface area contributed by atoms with Crippen LogP contribution in [-0.2, 0) is 14.4 Å². The van der Waals surface area contributed by atoms with E-state index in [1.807, 2.05) is 0 Å². The smallest absolute Gasteiger partial charge is 0.328 e. The monoisotopic (exact) mass is 381 g/mol. The SMILES string of the molecule is COc1ccc(NC(=O)C2CCCN2N)cc1OC.O=C(O)/C=C/C(=O)O. The maximum Gasteiger partial charge on any atom is 0.328 e. The average Bonchev–Trinajstić information content (AvgIpc) is 3.06. The Morgan fingerprint density at radius 3 is 2.19 bits per heavy atom. The van der Waals surface area contributed by atoms with Gasteiger partial charge in [0.15, 0.2) is 11.5 Å². The van der Waals surface area contributed by atoms with E-state index in [9.17, 15) is 14.4 Å². The molecule has 10 nitrogen and oxygen atoms in total. The van der Waals surface area contributed by atoms with Crippen molar-refractivity contribution in [2.45, 2.75) is 18.9 Å². The number of hydrogen-bond donors (Lipinski definition) is 4. The highest BCUT2D eigenvalue weighted by molar-refractivity contribution is 5.95. The Morgan fingerprint density at radius 2 is 1.74 bits per heavy atom. The van der Waals surface area contributed by atoms with E-state index in [-0.39, 0.29) is 11.9 Å². The van der Waals surface area contributed by atoms with Gasteiger partial charge in [0.25, 0.3) is 0 Å². The molecule has 2 rings (SSSR count). The van der Waals surface area contributed by atoms with Crippen LogP contribution in [-0.4, -0.2) is 59.9 Å². The fraction of sp³-hybridized carbons (Fsp3) is 0.353. The molecule has 1 atom stereocenters. The lowest BCUT2D eigenvalue weighted by Crippen LogP contribution is -2.43. The number of rotatable bonds is 6. The lowest BCUT2D eigenvalue weighted by Gasteiger charge is -2.18. The molecule has 1 heterocycles. The lowest BCUT2D eigenvalue weighted by atomic mass is 10.2. The molecule has 27 heavy (non-hydrogen) atoms. The largest absolute Gasteiger partial charge is 0.493 e. The number of carbonyl (C=O) groups excluding carboxylic acids is 1. The summed E-state index contributed by atoms with van der Waals surface area (Å²) in [5, 5.41) is 20.0. The second-order valence-corrected chi connectivity index (χ2v) is 5.46. The third kappa shape index (κ3) is 7.34. The molecule has 1 aromatic rings. The molecule has 148 valence electrons. The minimum absolute atomic E-state index is 0.0905. The summed E-state index contributed by atoms with van der Waals surface area (Å²) in [5.41, 5.74) is 0.669. The molecule has 1 unspecified atom stereocenters. The van der Waals surface area contributed by atoms with Crippen LogP contribution in [0.25, 0.3) is 0 Å². The van der Waals surface area contributed by atoms with Crippen molar-refractivity contribution in [2.75, 3.05) is 26.1 Å². The van der Waals surface area contributed by atoms with E-state index in [4.69, 9.17) is 25.5 Å². The number of hydrogen-bond acceptors (Lipinski definition) is 7. The number of nitrogens with one attached hydrogen (secondary N) is 1. The molecule has 1 aliphatic rings. The number of amides is 1. The summed E-state index contributed by atoms with van der Waals surface area (Å²) in [6.07, 6.45) is 2.85. The summed E-state index contributed by atoms with van der Waals surface area (Å²) in [5.74, 6) is 4.37. The van der Waals surface area contributed by atoms with Crippen molar-refractivity contribution in [3.8, 4) is 11.5 Å². The number of ether oxygens (including phenoxy) is 2. The second kappa shape index (κ2) is 10.8. The van der Waals surface area contributed by atoms with Crippen LogP contribution in [0.5, 0.6) is 11.5 Å². The summed E-state index contributed by atoms with van der Waals surface area (Å²) in [6, 6.07) is 5.00. The third-order valence-electron chi connectivity index (χ3n) is 3.62. The van der Waals surface area contributed by atoms with Gasteiger partial charge < -0.3 is 25.0 Å². The number of carboxylic acids is 2. The molecule has 0 bridgehead atoms. The first-order valence-corrected chi connectivity index (χ1v) is 7.96. The molecule has 1 fully saturated rings. The zero-order chi connectivity index (χ0) is 20.4. The summed E-state index contributed by atoms with van der Waals surface area (Å²) >= 11 is 0. The average molecular weight is 381 g/mol. The van der Waals surface area contributed by atoms with E-state index in [1.54, 1.807) is 37.4 Å². The number of carboxylic acid groups (broad SMARTS) is 2. The number of anilines is 1. The normalized spacial score (nSPS) is 16.3. The molecule has 1 aliphatic heterocycles. The predicted octanol–water partition coefficient (Wildman–Crippen LogP) is 0.692. The summed E-state index contributed by atoms with van der Waals surface area (Å²) in [7, 11) is 3.13. The molecule has 0 aliphatic carbocycles. The first kappa shape index (κ1) is 21.9. The minimum atomic E-state index is -1.26. The molecule has 10 heteroatoms. The van der Waals surface area contributed by atoms with Gasteiger partial charge in [0, 0.05) is 30.5 Å². The Morgan fingerprint density at radius 1 is 1.15 bits per heavy atom. The van der Waals surface area contributed by atoms with E-state index in [1.165, 1.54) is 0 Å². The zero-order valence-electron chi connectivity index (χ0n) is 15.0. The fourth-order valence-electron chi connectivity index (χ4n) is 2.35. The first-order chi connectivity index (χ1) is 12.8. The number of methoxy groups -OCH3 is 2. The topological polar surface area (TPSA) is 151 Å². The Bertz CT molecular complexity index is 690. The van der Waals surface area contributed by atoms with Crippen molar-refractivity contribution in [3.05, 3.63) is 30.4 Å². The molecule has 0 saturated carbocycles. The fourth-order valence-corrected chi connectivity index (χ4v) is 2.35. The number of benzene rings is 1. The quantitative estimate of drug-likeness (QED) is 0.412. The van der Waals surface area contributed by atoms with Crippen molar-refractivity contribution in [3.63, 3.8) is 0 Å².